The first-order chi connectivity index (χ1) is 8.08. The molecule has 0 bridgehead atoms. The van der Waals surface area contributed by atoms with Crippen molar-refractivity contribution < 1.29 is 9.18 Å². The van der Waals surface area contributed by atoms with E-state index >= 15 is 0 Å². The zero-order valence-corrected chi connectivity index (χ0v) is 10.8. The van der Waals surface area contributed by atoms with Gasteiger partial charge >= 0.3 is 0 Å². The third-order valence-electron chi connectivity index (χ3n) is 2.51. The molecule has 0 spiro atoms. The molecule has 2 aromatic rings. The highest BCUT2D eigenvalue weighted by Crippen LogP contribution is 2.26. The predicted molar refractivity (Wildman–Crippen MR) is 69.5 cm³/mol. The maximum atomic E-state index is 13.7. The van der Waals surface area contributed by atoms with Gasteiger partial charge in [0.15, 0.2) is 5.78 Å². The van der Waals surface area contributed by atoms with Gasteiger partial charge in [-0.3, -0.25) is 4.79 Å². The van der Waals surface area contributed by atoms with Crippen LogP contribution in [0.25, 0.3) is 11.1 Å². The van der Waals surface area contributed by atoms with Gasteiger partial charge < -0.3 is 0 Å². The summed E-state index contributed by atoms with van der Waals surface area (Å²) in [6, 6.07) is 11.7. The fourth-order valence-electron chi connectivity index (χ4n) is 1.62. The van der Waals surface area contributed by atoms with Crippen molar-refractivity contribution in [3.05, 3.63) is 58.3 Å². The molecule has 0 aromatic heterocycles. The fourth-order valence-corrected chi connectivity index (χ4v) is 2.02. The molecule has 0 unspecified atom stereocenters. The van der Waals surface area contributed by atoms with Crippen LogP contribution in [0.4, 0.5) is 4.39 Å². The van der Waals surface area contributed by atoms with Crippen LogP contribution in [0.3, 0.4) is 0 Å². The van der Waals surface area contributed by atoms with E-state index in [1.165, 1.54) is 19.1 Å². The van der Waals surface area contributed by atoms with Crippen molar-refractivity contribution in [1.82, 2.24) is 0 Å². The van der Waals surface area contributed by atoms with Gasteiger partial charge in [0.2, 0.25) is 0 Å². The fraction of sp³-hybridized carbons (Fsp3) is 0.0714. The van der Waals surface area contributed by atoms with Crippen LogP contribution in [0, 0.1) is 5.82 Å². The first-order valence-electron chi connectivity index (χ1n) is 5.14. The van der Waals surface area contributed by atoms with E-state index in [2.05, 4.69) is 15.9 Å². The molecule has 0 saturated heterocycles. The molecule has 0 amide bonds. The van der Waals surface area contributed by atoms with Crippen LogP contribution >= 0.6 is 15.9 Å². The van der Waals surface area contributed by atoms with Gasteiger partial charge in [-0.25, -0.2) is 4.39 Å². The number of Topliss-reactive ketones (excluding diaryl/α,β-unsaturated/α-hetero) is 1. The Bertz CT molecular complexity index is 578. The average Bonchev–Trinajstić information content (AvgIpc) is 2.29. The summed E-state index contributed by atoms with van der Waals surface area (Å²) in [7, 11) is 0. The SMILES string of the molecule is CC(=O)c1ccc(F)c(-c2cccc(Br)c2)c1. The number of carbonyl (C=O) groups is 1. The summed E-state index contributed by atoms with van der Waals surface area (Å²) in [6.45, 7) is 1.47. The smallest absolute Gasteiger partial charge is 0.159 e. The zero-order chi connectivity index (χ0) is 12.4. The van der Waals surface area contributed by atoms with Crippen molar-refractivity contribution in [2.24, 2.45) is 0 Å². The Morgan fingerprint density at radius 1 is 1.18 bits per heavy atom. The minimum absolute atomic E-state index is 0.0683. The van der Waals surface area contributed by atoms with Crippen LogP contribution in [0.2, 0.25) is 0 Å². The molecule has 1 nitrogen and oxygen atoms in total. The van der Waals surface area contributed by atoms with Crippen LogP contribution in [0.5, 0.6) is 0 Å². The number of carbonyl (C=O) groups excluding carboxylic acids is 1. The number of rotatable bonds is 2. The quantitative estimate of drug-likeness (QED) is 0.747. The van der Waals surface area contributed by atoms with E-state index in [4.69, 9.17) is 0 Å². The minimum Gasteiger partial charge on any atom is -0.295 e. The molecule has 0 saturated carbocycles. The minimum atomic E-state index is -0.326. The molecule has 0 N–H and O–H groups in total. The molecule has 2 rings (SSSR count). The maximum absolute atomic E-state index is 13.7. The molecular formula is C14H10BrFO. The summed E-state index contributed by atoms with van der Waals surface area (Å²) in [6.07, 6.45) is 0. The van der Waals surface area contributed by atoms with Crippen molar-refractivity contribution in [1.29, 1.82) is 0 Å². The van der Waals surface area contributed by atoms with E-state index < -0.39 is 0 Å². The number of ketones is 1. The van der Waals surface area contributed by atoms with Crippen molar-refractivity contribution >= 4 is 21.7 Å². The normalized spacial score (nSPS) is 10.3. The third-order valence-corrected chi connectivity index (χ3v) is 3.00. The Morgan fingerprint density at radius 2 is 1.94 bits per heavy atom. The lowest BCUT2D eigenvalue weighted by Crippen LogP contribution is -1.94. The molecule has 0 aliphatic carbocycles. The predicted octanol–water partition coefficient (Wildman–Crippen LogP) is 4.46. The summed E-state index contributed by atoms with van der Waals surface area (Å²) in [5, 5.41) is 0. The Kier molecular flexibility index (Phi) is 3.38. The Morgan fingerprint density at radius 3 is 2.59 bits per heavy atom. The van der Waals surface area contributed by atoms with Crippen molar-refractivity contribution in [2.75, 3.05) is 0 Å². The van der Waals surface area contributed by atoms with Crippen molar-refractivity contribution in [3.8, 4) is 11.1 Å². The van der Waals surface area contributed by atoms with Crippen molar-refractivity contribution in [3.63, 3.8) is 0 Å². The molecule has 86 valence electrons. The summed E-state index contributed by atoms with van der Waals surface area (Å²) in [5.74, 6) is -0.394. The number of hydrogen-bond donors (Lipinski definition) is 0. The van der Waals surface area contributed by atoms with E-state index in [1.807, 2.05) is 24.3 Å². The van der Waals surface area contributed by atoms with Gasteiger partial charge in [-0.05, 0) is 42.8 Å². The summed E-state index contributed by atoms with van der Waals surface area (Å²) in [5.41, 5.74) is 1.71. The third kappa shape index (κ3) is 2.61. The first-order valence-corrected chi connectivity index (χ1v) is 5.93. The second kappa shape index (κ2) is 4.80. The van der Waals surface area contributed by atoms with Gasteiger partial charge in [-0.1, -0.05) is 28.1 Å². The van der Waals surface area contributed by atoms with Gasteiger partial charge in [0.1, 0.15) is 5.82 Å². The first kappa shape index (κ1) is 12.0. The van der Waals surface area contributed by atoms with Gasteiger partial charge in [-0.2, -0.15) is 0 Å². The van der Waals surface area contributed by atoms with Crippen LogP contribution < -0.4 is 0 Å². The number of halogens is 2. The van der Waals surface area contributed by atoms with Crippen LogP contribution in [-0.4, -0.2) is 5.78 Å². The summed E-state index contributed by atoms with van der Waals surface area (Å²) in [4.78, 5) is 11.3. The Balaban J connectivity index is 2.58. The lowest BCUT2D eigenvalue weighted by atomic mass is 10.0. The van der Waals surface area contributed by atoms with Gasteiger partial charge in [-0.15, -0.1) is 0 Å². The Labute approximate surface area is 107 Å². The molecule has 0 fully saturated rings. The lowest BCUT2D eigenvalue weighted by molar-refractivity contribution is 0.101. The molecule has 0 aliphatic heterocycles. The van der Waals surface area contributed by atoms with Crippen molar-refractivity contribution in [2.45, 2.75) is 6.92 Å². The molecule has 2 aromatic carbocycles. The zero-order valence-electron chi connectivity index (χ0n) is 9.21. The van der Waals surface area contributed by atoms with Crippen LogP contribution in [-0.2, 0) is 0 Å². The van der Waals surface area contributed by atoms with Crippen LogP contribution in [0.1, 0.15) is 17.3 Å². The van der Waals surface area contributed by atoms with E-state index in [0.717, 1.165) is 10.0 Å². The number of benzene rings is 2. The summed E-state index contributed by atoms with van der Waals surface area (Å²) >= 11 is 3.34. The highest BCUT2D eigenvalue weighted by atomic mass is 79.9. The highest BCUT2D eigenvalue weighted by molar-refractivity contribution is 9.10. The largest absolute Gasteiger partial charge is 0.295 e. The van der Waals surface area contributed by atoms with E-state index in [-0.39, 0.29) is 11.6 Å². The lowest BCUT2D eigenvalue weighted by Gasteiger charge is -2.06. The monoisotopic (exact) mass is 292 g/mol. The molecule has 0 aliphatic rings. The second-order valence-corrected chi connectivity index (χ2v) is 4.68. The van der Waals surface area contributed by atoms with E-state index in [9.17, 15) is 9.18 Å². The molecule has 3 heteroatoms. The van der Waals surface area contributed by atoms with Crippen LogP contribution in [0.15, 0.2) is 46.9 Å². The second-order valence-electron chi connectivity index (χ2n) is 3.76. The van der Waals surface area contributed by atoms with Gasteiger partial charge in [0.25, 0.3) is 0 Å². The molecule has 0 heterocycles. The Hall–Kier alpha value is -1.48. The average molecular weight is 293 g/mol. The standard InChI is InChI=1S/C14H10BrFO/c1-9(17)10-5-6-14(16)13(8-10)11-3-2-4-12(15)7-11/h2-8H,1H3. The topological polar surface area (TPSA) is 17.1 Å². The maximum Gasteiger partial charge on any atom is 0.159 e. The number of hydrogen-bond acceptors (Lipinski definition) is 1. The molecule has 0 radical (unpaired) electrons. The molecular weight excluding hydrogens is 283 g/mol. The highest BCUT2D eigenvalue weighted by Gasteiger charge is 2.08. The van der Waals surface area contributed by atoms with Gasteiger partial charge in [0, 0.05) is 15.6 Å². The van der Waals surface area contributed by atoms with Gasteiger partial charge in [0.05, 0.1) is 0 Å². The van der Waals surface area contributed by atoms with E-state index in [1.54, 1.807) is 6.07 Å². The molecule has 17 heavy (non-hydrogen) atoms. The summed E-state index contributed by atoms with van der Waals surface area (Å²) < 4.78 is 14.6. The molecule has 0 atom stereocenters. The van der Waals surface area contributed by atoms with E-state index in [0.29, 0.717) is 11.1 Å².